The second-order valence-electron chi connectivity index (χ2n) is 6.93. The van der Waals surface area contributed by atoms with E-state index in [4.69, 9.17) is 14.1 Å². The van der Waals surface area contributed by atoms with Crippen molar-refractivity contribution < 1.29 is 9.15 Å². The lowest BCUT2D eigenvalue weighted by molar-refractivity contribution is 0.0260. The van der Waals surface area contributed by atoms with Gasteiger partial charge in [-0.1, -0.05) is 18.2 Å². The fourth-order valence-corrected chi connectivity index (χ4v) is 3.55. The highest BCUT2D eigenvalue weighted by atomic mass is 16.5. The van der Waals surface area contributed by atoms with Crippen LogP contribution in [-0.4, -0.2) is 39.2 Å². The molecule has 1 aliphatic rings. The normalized spacial score (nSPS) is 17.0. The number of rotatable bonds is 3. The molecule has 3 aromatic heterocycles. The van der Waals surface area contributed by atoms with Crippen molar-refractivity contribution >= 4 is 16.9 Å². The van der Waals surface area contributed by atoms with Crippen molar-refractivity contribution in [2.45, 2.75) is 6.10 Å². The van der Waals surface area contributed by atoms with Crippen molar-refractivity contribution in [2.75, 3.05) is 24.6 Å². The molecule has 4 heterocycles. The molecule has 0 unspecified atom stereocenters. The Bertz CT molecular complexity index is 1180. The molecule has 5 rings (SSSR count). The molecular formula is C21H19N5O3. The zero-order valence-electron chi connectivity index (χ0n) is 15.9. The van der Waals surface area contributed by atoms with Gasteiger partial charge in [-0.25, -0.2) is 15.0 Å². The van der Waals surface area contributed by atoms with Gasteiger partial charge < -0.3 is 14.1 Å². The monoisotopic (exact) mass is 389 g/mol. The minimum atomic E-state index is -0.240. The molecule has 0 saturated carbocycles. The van der Waals surface area contributed by atoms with E-state index in [1.54, 1.807) is 23.9 Å². The standard InChI is InChI=1S/C21H19N5O3/c1-25-20(27)11-16(15-6-7-22-13-23-15)24-21(25)26-8-9-28-19(12-26)18-10-14-4-2-3-5-17(14)29-18/h2-7,10-11,13,19H,8-9,12H2,1H3/t19-/m0/s1. The SMILES string of the molecule is Cn1c(N2CCO[C@H](c3cc4ccccc4o3)C2)nc(-c2ccncn2)cc1=O. The van der Waals surface area contributed by atoms with E-state index in [0.717, 1.165) is 16.7 Å². The fourth-order valence-electron chi connectivity index (χ4n) is 3.55. The van der Waals surface area contributed by atoms with Crippen LogP contribution in [0.5, 0.6) is 0 Å². The second kappa shape index (κ2) is 7.14. The van der Waals surface area contributed by atoms with E-state index in [9.17, 15) is 4.79 Å². The minimum absolute atomic E-state index is 0.143. The number of aromatic nitrogens is 4. The summed E-state index contributed by atoms with van der Waals surface area (Å²) in [5.41, 5.74) is 1.83. The molecule has 1 aliphatic heterocycles. The summed E-state index contributed by atoms with van der Waals surface area (Å²) in [6, 6.07) is 13.1. The molecule has 1 aromatic carbocycles. The van der Waals surface area contributed by atoms with E-state index in [-0.39, 0.29) is 11.7 Å². The zero-order chi connectivity index (χ0) is 19.8. The number of para-hydroxylation sites is 1. The van der Waals surface area contributed by atoms with Crippen LogP contribution in [0.4, 0.5) is 5.95 Å². The molecule has 0 aliphatic carbocycles. The third-order valence-corrected chi connectivity index (χ3v) is 5.07. The molecule has 0 amide bonds. The number of nitrogens with zero attached hydrogens (tertiary/aromatic N) is 5. The van der Waals surface area contributed by atoms with E-state index in [1.807, 2.05) is 35.2 Å². The highest BCUT2D eigenvalue weighted by molar-refractivity contribution is 5.77. The Hall–Kier alpha value is -3.52. The van der Waals surface area contributed by atoms with Gasteiger partial charge in [0, 0.05) is 31.2 Å². The summed E-state index contributed by atoms with van der Waals surface area (Å²) in [6.07, 6.45) is 2.84. The van der Waals surface area contributed by atoms with Gasteiger partial charge >= 0.3 is 0 Å². The fraction of sp³-hybridized carbons (Fsp3) is 0.238. The Balaban J connectivity index is 1.49. The van der Waals surface area contributed by atoms with Crippen LogP contribution in [0.25, 0.3) is 22.4 Å². The van der Waals surface area contributed by atoms with Gasteiger partial charge in [0.05, 0.1) is 24.5 Å². The van der Waals surface area contributed by atoms with Crippen LogP contribution >= 0.6 is 0 Å². The number of anilines is 1. The number of furan rings is 1. The van der Waals surface area contributed by atoms with E-state index < -0.39 is 0 Å². The van der Waals surface area contributed by atoms with Gasteiger partial charge in [0.1, 0.15) is 23.8 Å². The maximum Gasteiger partial charge on any atom is 0.255 e. The van der Waals surface area contributed by atoms with Crippen LogP contribution in [0.2, 0.25) is 0 Å². The van der Waals surface area contributed by atoms with Crippen LogP contribution in [-0.2, 0) is 11.8 Å². The van der Waals surface area contributed by atoms with Crippen LogP contribution < -0.4 is 10.5 Å². The lowest BCUT2D eigenvalue weighted by Gasteiger charge is -2.33. The van der Waals surface area contributed by atoms with Crippen molar-refractivity contribution in [3.8, 4) is 11.4 Å². The molecule has 0 radical (unpaired) electrons. The van der Waals surface area contributed by atoms with Crippen molar-refractivity contribution in [1.29, 1.82) is 0 Å². The van der Waals surface area contributed by atoms with Crippen LogP contribution in [0.3, 0.4) is 0 Å². The van der Waals surface area contributed by atoms with Crippen LogP contribution in [0, 0.1) is 0 Å². The maximum absolute atomic E-state index is 12.5. The molecule has 0 spiro atoms. The third-order valence-electron chi connectivity index (χ3n) is 5.07. The van der Waals surface area contributed by atoms with Crippen molar-refractivity contribution in [1.82, 2.24) is 19.5 Å². The number of hydrogen-bond donors (Lipinski definition) is 0. The van der Waals surface area contributed by atoms with Gasteiger partial charge in [0.15, 0.2) is 0 Å². The Morgan fingerprint density at radius 3 is 2.86 bits per heavy atom. The zero-order valence-corrected chi connectivity index (χ0v) is 15.9. The smallest absolute Gasteiger partial charge is 0.255 e. The van der Waals surface area contributed by atoms with E-state index in [1.165, 1.54) is 12.4 Å². The lowest BCUT2D eigenvalue weighted by Crippen LogP contribution is -2.41. The Kier molecular flexibility index (Phi) is 4.33. The molecule has 4 aromatic rings. The number of benzene rings is 1. The second-order valence-corrected chi connectivity index (χ2v) is 6.93. The predicted octanol–water partition coefficient (Wildman–Crippen LogP) is 2.56. The van der Waals surface area contributed by atoms with E-state index in [2.05, 4.69) is 9.97 Å². The predicted molar refractivity (Wildman–Crippen MR) is 108 cm³/mol. The number of ether oxygens (including phenoxy) is 1. The number of fused-ring (bicyclic) bond motifs is 1. The first-order chi connectivity index (χ1) is 14.2. The minimum Gasteiger partial charge on any atom is -0.458 e. The first-order valence-corrected chi connectivity index (χ1v) is 9.38. The first-order valence-electron chi connectivity index (χ1n) is 9.38. The quantitative estimate of drug-likeness (QED) is 0.532. The molecule has 8 heteroatoms. The molecule has 1 atom stereocenters. The van der Waals surface area contributed by atoms with Crippen molar-refractivity contribution in [2.24, 2.45) is 7.05 Å². The first kappa shape index (κ1) is 17.6. The molecule has 8 nitrogen and oxygen atoms in total. The van der Waals surface area contributed by atoms with Crippen LogP contribution in [0.1, 0.15) is 11.9 Å². The number of hydrogen-bond acceptors (Lipinski definition) is 7. The average Bonchev–Trinajstić information content (AvgIpc) is 3.21. The summed E-state index contributed by atoms with van der Waals surface area (Å²) >= 11 is 0. The summed E-state index contributed by atoms with van der Waals surface area (Å²) in [4.78, 5) is 27.4. The topological polar surface area (TPSA) is 86.3 Å². The van der Waals surface area contributed by atoms with Gasteiger partial charge in [0.2, 0.25) is 5.95 Å². The molecule has 1 saturated heterocycles. The van der Waals surface area contributed by atoms with Gasteiger partial charge in [-0.05, 0) is 18.2 Å². The summed E-state index contributed by atoms with van der Waals surface area (Å²) in [5, 5.41) is 1.04. The summed E-state index contributed by atoms with van der Waals surface area (Å²) in [7, 11) is 1.72. The molecule has 1 fully saturated rings. The Morgan fingerprint density at radius 2 is 2.03 bits per heavy atom. The Labute approximate surface area is 166 Å². The highest BCUT2D eigenvalue weighted by Gasteiger charge is 2.27. The summed E-state index contributed by atoms with van der Waals surface area (Å²) in [6.45, 7) is 1.67. The lowest BCUT2D eigenvalue weighted by atomic mass is 10.2. The van der Waals surface area contributed by atoms with Crippen molar-refractivity contribution in [3.63, 3.8) is 0 Å². The van der Waals surface area contributed by atoms with Crippen molar-refractivity contribution in [3.05, 3.63) is 71.1 Å². The number of morpholine rings is 1. The van der Waals surface area contributed by atoms with E-state index >= 15 is 0 Å². The third kappa shape index (κ3) is 3.27. The molecule has 146 valence electrons. The maximum atomic E-state index is 12.5. The molecule has 0 N–H and O–H groups in total. The largest absolute Gasteiger partial charge is 0.458 e. The highest BCUT2D eigenvalue weighted by Crippen LogP contribution is 2.30. The summed E-state index contributed by atoms with van der Waals surface area (Å²) in [5.74, 6) is 1.35. The van der Waals surface area contributed by atoms with Gasteiger partial charge in [-0.2, -0.15) is 0 Å². The Morgan fingerprint density at radius 1 is 1.14 bits per heavy atom. The molecule has 29 heavy (non-hydrogen) atoms. The molecule has 0 bridgehead atoms. The average molecular weight is 389 g/mol. The van der Waals surface area contributed by atoms with Gasteiger partial charge in [-0.3, -0.25) is 9.36 Å². The van der Waals surface area contributed by atoms with Gasteiger partial charge in [0.25, 0.3) is 5.56 Å². The van der Waals surface area contributed by atoms with Crippen LogP contribution in [0.15, 0.2) is 64.2 Å². The summed E-state index contributed by atoms with van der Waals surface area (Å²) < 4.78 is 13.5. The molecular weight excluding hydrogens is 370 g/mol. The van der Waals surface area contributed by atoms with Gasteiger partial charge in [-0.15, -0.1) is 0 Å². The van der Waals surface area contributed by atoms with E-state index in [0.29, 0.717) is 37.0 Å².